The lowest BCUT2D eigenvalue weighted by Gasteiger charge is -2.22. The number of hydrogen-bond acceptors (Lipinski definition) is 5. The molecule has 10 heteroatoms. The van der Waals surface area contributed by atoms with Crippen molar-refractivity contribution < 1.29 is 17.4 Å². The molecule has 1 atom stereocenters. The van der Waals surface area contributed by atoms with Crippen LogP contribution in [0.1, 0.15) is 30.5 Å². The van der Waals surface area contributed by atoms with Crippen LogP contribution in [0.3, 0.4) is 0 Å². The standard InChI is InChI=1S/C17H15Cl2N3O4S/c1-10(23)22-16(17-13(18)3-2-4-14(17)19)9-15(21-22)11-5-7-12(8-6-11)26-27(20,24)25/h2-8,16H,9H2,1H3,(H2,20,24,25). The van der Waals surface area contributed by atoms with Crippen LogP contribution in [0.25, 0.3) is 0 Å². The highest BCUT2D eigenvalue weighted by Crippen LogP contribution is 2.40. The molecule has 1 aliphatic rings. The van der Waals surface area contributed by atoms with Crippen molar-refractivity contribution in [2.75, 3.05) is 0 Å². The van der Waals surface area contributed by atoms with Gasteiger partial charge in [0.1, 0.15) is 5.75 Å². The summed E-state index contributed by atoms with van der Waals surface area (Å²) in [5.41, 5.74) is 1.96. The first-order valence-electron chi connectivity index (χ1n) is 7.79. The molecular formula is C17H15Cl2N3O4S. The third-order valence-corrected chi connectivity index (χ3v) is 5.05. The molecule has 2 aromatic rings. The molecule has 2 aromatic carbocycles. The van der Waals surface area contributed by atoms with Gasteiger partial charge >= 0.3 is 10.3 Å². The molecule has 0 fully saturated rings. The molecule has 1 unspecified atom stereocenters. The molecule has 0 saturated carbocycles. The van der Waals surface area contributed by atoms with Gasteiger partial charge in [-0.3, -0.25) is 4.79 Å². The molecule has 7 nitrogen and oxygen atoms in total. The maximum atomic E-state index is 12.1. The number of hydrogen-bond donors (Lipinski definition) is 1. The highest BCUT2D eigenvalue weighted by Gasteiger charge is 2.34. The van der Waals surface area contributed by atoms with Gasteiger partial charge in [-0.2, -0.15) is 18.7 Å². The summed E-state index contributed by atoms with van der Waals surface area (Å²) in [6.45, 7) is 1.41. The summed E-state index contributed by atoms with van der Waals surface area (Å²) in [5, 5.41) is 11.5. The number of carbonyl (C=O) groups is 1. The Labute approximate surface area is 166 Å². The highest BCUT2D eigenvalue weighted by molar-refractivity contribution is 7.84. The fourth-order valence-corrected chi connectivity index (χ4v) is 3.89. The minimum absolute atomic E-state index is 0.0777. The second kappa shape index (κ2) is 7.47. The molecule has 3 rings (SSSR count). The Bertz CT molecular complexity index is 1000. The Kier molecular flexibility index (Phi) is 5.43. The maximum Gasteiger partial charge on any atom is 0.380 e. The lowest BCUT2D eigenvalue weighted by molar-refractivity contribution is -0.130. The smallest absolute Gasteiger partial charge is 0.371 e. The van der Waals surface area contributed by atoms with Gasteiger partial charge in [0.05, 0.1) is 11.8 Å². The van der Waals surface area contributed by atoms with Crippen molar-refractivity contribution in [1.29, 1.82) is 0 Å². The zero-order chi connectivity index (χ0) is 19.8. The number of nitrogens with two attached hydrogens (primary N) is 1. The normalized spacial score (nSPS) is 17.0. The summed E-state index contributed by atoms with van der Waals surface area (Å²) in [7, 11) is -4.10. The second-order valence-corrected chi connectivity index (χ2v) is 7.83. The van der Waals surface area contributed by atoms with Crippen molar-refractivity contribution in [3.8, 4) is 5.75 Å². The molecular weight excluding hydrogens is 413 g/mol. The summed E-state index contributed by atoms with van der Waals surface area (Å²) in [6.07, 6.45) is 0.401. The van der Waals surface area contributed by atoms with Crippen molar-refractivity contribution in [3.63, 3.8) is 0 Å². The molecule has 0 saturated heterocycles. The Morgan fingerprint density at radius 3 is 2.30 bits per heavy atom. The van der Waals surface area contributed by atoms with Crippen molar-refractivity contribution in [2.45, 2.75) is 19.4 Å². The number of nitrogens with zero attached hydrogens (tertiary/aromatic N) is 2. The number of halogens is 2. The maximum absolute atomic E-state index is 12.1. The molecule has 1 aliphatic heterocycles. The second-order valence-electron chi connectivity index (χ2n) is 5.87. The largest absolute Gasteiger partial charge is 0.380 e. The molecule has 2 N–H and O–H groups in total. The van der Waals surface area contributed by atoms with E-state index >= 15 is 0 Å². The van der Waals surface area contributed by atoms with Crippen molar-refractivity contribution in [3.05, 3.63) is 63.6 Å². The van der Waals surface area contributed by atoms with E-state index in [4.69, 9.17) is 28.3 Å². The Balaban J connectivity index is 1.92. The average molecular weight is 428 g/mol. The molecule has 1 amide bonds. The third kappa shape index (κ3) is 4.41. The Hall–Kier alpha value is -2.13. The lowest BCUT2D eigenvalue weighted by atomic mass is 9.98. The van der Waals surface area contributed by atoms with Crippen LogP contribution >= 0.6 is 23.2 Å². The van der Waals surface area contributed by atoms with Gasteiger partial charge in [-0.05, 0) is 42.0 Å². The molecule has 0 aromatic heterocycles. The quantitative estimate of drug-likeness (QED) is 0.808. The van der Waals surface area contributed by atoms with Gasteiger partial charge in [0.2, 0.25) is 5.91 Å². The first kappa shape index (κ1) is 19.6. The van der Waals surface area contributed by atoms with Crippen LogP contribution in [0.5, 0.6) is 5.75 Å². The fraction of sp³-hybridized carbons (Fsp3) is 0.176. The molecule has 0 aliphatic carbocycles. The van der Waals surface area contributed by atoms with Crippen LogP contribution in [0, 0.1) is 0 Å². The van der Waals surface area contributed by atoms with E-state index in [2.05, 4.69) is 9.28 Å². The lowest BCUT2D eigenvalue weighted by Crippen LogP contribution is -2.24. The summed E-state index contributed by atoms with van der Waals surface area (Å²) >= 11 is 12.6. The van der Waals surface area contributed by atoms with Crippen LogP contribution in [-0.2, 0) is 15.1 Å². The molecule has 0 radical (unpaired) electrons. The zero-order valence-corrected chi connectivity index (χ0v) is 16.4. The van der Waals surface area contributed by atoms with E-state index in [1.165, 1.54) is 24.1 Å². The molecule has 27 heavy (non-hydrogen) atoms. The number of hydrazone groups is 1. The predicted octanol–water partition coefficient (Wildman–Crippen LogP) is 3.27. The van der Waals surface area contributed by atoms with Gasteiger partial charge in [0, 0.05) is 29.0 Å². The van der Waals surface area contributed by atoms with Crippen molar-refractivity contribution >= 4 is 45.1 Å². The van der Waals surface area contributed by atoms with Gasteiger partial charge in [0.25, 0.3) is 0 Å². The van der Waals surface area contributed by atoms with E-state index in [-0.39, 0.29) is 11.7 Å². The number of benzene rings is 2. The van der Waals surface area contributed by atoms with Crippen LogP contribution in [0.2, 0.25) is 10.0 Å². The Morgan fingerprint density at radius 1 is 1.19 bits per heavy atom. The van der Waals surface area contributed by atoms with Gasteiger partial charge in [0.15, 0.2) is 0 Å². The van der Waals surface area contributed by atoms with E-state index in [9.17, 15) is 13.2 Å². The van der Waals surface area contributed by atoms with Gasteiger partial charge < -0.3 is 4.18 Å². The van der Waals surface area contributed by atoms with Crippen LogP contribution < -0.4 is 9.32 Å². The number of carbonyl (C=O) groups excluding carboxylic acids is 1. The summed E-state index contributed by atoms with van der Waals surface area (Å²) in [5.74, 6) is -0.172. The molecule has 142 valence electrons. The fourth-order valence-electron chi connectivity index (χ4n) is 2.87. The van der Waals surface area contributed by atoms with Crippen LogP contribution in [0.15, 0.2) is 47.6 Å². The van der Waals surface area contributed by atoms with Crippen LogP contribution in [0.4, 0.5) is 0 Å². The first-order valence-corrected chi connectivity index (χ1v) is 10.0. The number of rotatable bonds is 4. The average Bonchev–Trinajstić information content (AvgIpc) is 2.99. The van der Waals surface area contributed by atoms with Crippen LogP contribution in [-0.4, -0.2) is 25.0 Å². The summed E-state index contributed by atoms with van der Waals surface area (Å²) in [6, 6.07) is 10.9. The summed E-state index contributed by atoms with van der Waals surface area (Å²) < 4.78 is 26.6. The van der Waals surface area contributed by atoms with Crippen molar-refractivity contribution in [1.82, 2.24) is 5.01 Å². The molecule has 0 bridgehead atoms. The van der Waals surface area contributed by atoms with E-state index in [1.54, 1.807) is 30.3 Å². The SMILES string of the molecule is CC(=O)N1N=C(c2ccc(OS(N)(=O)=O)cc2)CC1c1c(Cl)cccc1Cl. The molecule has 0 spiro atoms. The third-order valence-electron chi connectivity index (χ3n) is 3.97. The predicted molar refractivity (Wildman–Crippen MR) is 103 cm³/mol. The van der Waals surface area contributed by atoms with Gasteiger partial charge in [-0.15, -0.1) is 0 Å². The van der Waals surface area contributed by atoms with E-state index in [0.29, 0.717) is 33.3 Å². The zero-order valence-electron chi connectivity index (χ0n) is 14.1. The minimum atomic E-state index is -4.10. The van der Waals surface area contributed by atoms with Gasteiger partial charge in [-0.1, -0.05) is 29.3 Å². The molecule has 1 heterocycles. The summed E-state index contributed by atoms with van der Waals surface area (Å²) in [4.78, 5) is 12.1. The first-order chi connectivity index (χ1) is 12.7. The minimum Gasteiger partial charge on any atom is -0.371 e. The van der Waals surface area contributed by atoms with E-state index < -0.39 is 16.3 Å². The topological polar surface area (TPSA) is 102 Å². The van der Waals surface area contributed by atoms with E-state index in [0.717, 1.165) is 0 Å². The highest BCUT2D eigenvalue weighted by atomic mass is 35.5. The van der Waals surface area contributed by atoms with Gasteiger partial charge in [-0.25, -0.2) is 5.01 Å². The van der Waals surface area contributed by atoms with Crippen molar-refractivity contribution in [2.24, 2.45) is 10.2 Å². The number of amides is 1. The Morgan fingerprint density at radius 2 is 1.78 bits per heavy atom. The monoisotopic (exact) mass is 427 g/mol. The van der Waals surface area contributed by atoms with E-state index in [1.807, 2.05) is 0 Å².